The lowest BCUT2D eigenvalue weighted by Gasteiger charge is -2.40. The maximum absolute atomic E-state index is 13.2. The first kappa shape index (κ1) is 22.8. The molecule has 1 atom stereocenters. The van der Waals surface area contributed by atoms with E-state index in [0.29, 0.717) is 18.8 Å². The van der Waals surface area contributed by atoms with E-state index >= 15 is 0 Å². The van der Waals surface area contributed by atoms with E-state index < -0.39 is 11.6 Å². The summed E-state index contributed by atoms with van der Waals surface area (Å²) in [5, 5.41) is 5.90. The van der Waals surface area contributed by atoms with Crippen molar-refractivity contribution in [2.45, 2.75) is 90.6 Å². The molecule has 4 amide bonds. The quantitative estimate of drug-likeness (QED) is 0.688. The number of imide groups is 1. The van der Waals surface area contributed by atoms with Gasteiger partial charge in [0, 0.05) is 0 Å². The van der Waals surface area contributed by atoms with Crippen LogP contribution in [0.25, 0.3) is 0 Å². The highest BCUT2D eigenvalue weighted by Gasteiger charge is 2.53. The minimum Gasteiger partial charge on any atom is -0.348 e. The number of fused-ring (bicyclic) bond motifs is 1. The Balaban J connectivity index is 1.36. The third kappa shape index (κ3) is 4.41. The van der Waals surface area contributed by atoms with Crippen LogP contribution in [0, 0.1) is 11.3 Å². The summed E-state index contributed by atoms with van der Waals surface area (Å²) in [5.41, 5.74) is 3.21. The van der Waals surface area contributed by atoms with Gasteiger partial charge in [-0.15, -0.1) is 0 Å². The summed E-state index contributed by atoms with van der Waals surface area (Å²) in [6.07, 6.45) is 7.76. The van der Waals surface area contributed by atoms with Crippen LogP contribution in [0.15, 0.2) is 18.2 Å². The van der Waals surface area contributed by atoms with Crippen LogP contribution in [0.1, 0.15) is 89.0 Å². The number of rotatable bonds is 4. The predicted molar refractivity (Wildman–Crippen MR) is 124 cm³/mol. The van der Waals surface area contributed by atoms with Crippen molar-refractivity contribution in [3.8, 4) is 0 Å². The molecule has 1 heterocycles. The van der Waals surface area contributed by atoms with Gasteiger partial charge in [0.25, 0.3) is 5.91 Å². The summed E-state index contributed by atoms with van der Waals surface area (Å²) in [6.45, 7) is 8.40. The Hall–Kier alpha value is -2.37. The number of carbonyl (C=O) groups is 3. The number of aryl methyl sites for hydroxylation is 2. The summed E-state index contributed by atoms with van der Waals surface area (Å²) in [7, 11) is 0. The second kappa shape index (κ2) is 8.53. The Kier molecular flexibility index (Phi) is 6.08. The van der Waals surface area contributed by atoms with Gasteiger partial charge in [-0.3, -0.25) is 14.5 Å². The molecule has 1 aromatic carbocycles. The molecule has 1 aromatic rings. The number of carbonyl (C=O) groups excluding carboxylic acids is 3. The van der Waals surface area contributed by atoms with Crippen LogP contribution >= 0.6 is 0 Å². The minimum absolute atomic E-state index is 0.174. The second-order valence-electron chi connectivity index (χ2n) is 11.1. The van der Waals surface area contributed by atoms with Crippen LogP contribution < -0.4 is 10.6 Å². The molecule has 1 saturated heterocycles. The molecule has 2 aliphatic carbocycles. The molecule has 1 spiro atoms. The average molecular weight is 440 g/mol. The Morgan fingerprint density at radius 2 is 1.81 bits per heavy atom. The van der Waals surface area contributed by atoms with Gasteiger partial charge >= 0.3 is 6.03 Å². The molecule has 1 aliphatic heterocycles. The van der Waals surface area contributed by atoms with E-state index in [9.17, 15) is 14.4 Å². The zero-order valence-electron chi connectivity index (χ0n) is 19.9. The summed E-state index contributed by atoms with van der Waals surface area (Å²) >= 11 is 0. The first-order valence-electron chi connectivity index (χ1n) is 12.1. The minimum atomic E-state index is -0.830. The maximum Gasteiger partial charge on any atom is 0.325 e. The number of hydrogen-bond donors (Lipinski definition) is 2. The number of hydrogen-bond acceptors (Lipinski definition) is 3. The van der Waals surface area contributed by atoms with Gasteiger partial charge in [-0.05, 0) is 86.3 Å². The number of nitrogens with zero attached hydrogens (tertiary/aromatic N) is 1. The highest BCUT2D eigenvalue weighted by atomic mass is 16.2. The Morgan fingerprint density at radius 1 is 1.16 bits per heavy atom. The molecule has 32 heavy (non-hydrogen) atoms. The van der Waals surface area contributed by atoms with Crippen LogP contribution in [-0.2, 0) is 22.4 Å². The lowest BCUT2D eigenvalue weighted by Crippen LogP contribution is -2.51. The molecule has 6 nitrogen and oxygen atoms in total. The zero-order chi connectivity index (χ0) is 23.1. The topological polar surface area (TPSA) is 78.5 Å². The van der Waals surface area contributed by atoms with E-state index in [-0.39, 0.29) is 29.8 Å². The third-order valence-corrected chi connectivity index (χ3v) is 7.86. The van der Waals surface area contributed by atoms with E-state index in [0.717, 1.165) is 36.1 Å². The number of nitrogens with one attached hydrogen (secondary N) is 2. The average Bonchev–Trinajstić information content (AvgIpc) is 2.97. The fourth-order valence-electron chi connectivity index (χ4n) is 5.67. The van der Waals surface area contributed by atoms with Crippen molar-refractivity contribution in [3.63, 3.8) is 0 Å². The van der Waals surface area contributed by atoms with Gasteiger partial charge < -0.3 is 10.6 Å². The first-order valence-corrected chi connectivity index (χ1v) is 12.1. The molecule has 1 saturated carbocycles. The second-order valence-corrected chi connectivity index (χ2v) is 11.1. The van der Waals surface area contributed by atoms with Crippen molar-refractivity contribution >= 4 is 17.8 Å². The van der Waals surface area contributed by atoms with Gasteiger partial charge in [-0.2, -0.15) is 0 Å². The molecule has 0 aromatic heterocycles. The van der Waals surface area contributed by atoms with E-state index in [1.165, 1.54) is 24.0 Å². The first-order chi connectivity index (χ1) is 15.1. The summed E-state index contributed by atoms with van der Waals surface area (Å²) in [5.74, 6) is -0.0155. The van der Waals surface area contributed by atoms with Crippen molar-refractivity contribution in [1.29, 1.82) is 0 Å². The lowest BCUT2D eigenvalue weighted by atomic mass is 9.67. The van der Waals surface area contributed by atoms with Crippen LogP contribution in [0.2, 0.25) is 0 Å². The molecule has 2 fully saturated rings. The van der Waals surface area contributed by atoms with Crippen molar-refractivity contribution in [2.24, 2.45) is 11.3 Å². The molecule has 6 heteroatoms. The summed E-state index contributed by atoms with van der Waals surface area (Å²) in [6, 6.07) is 5.82. The van der Waals surface area contributed by atoms with Gasteiger partial charge in [0.1, 0.15) is 12.1 Å². The monoisotopic (exact) mass is 439 g/mol. The van der Waals surface area contributed by atoms with Crippen molar-refractivity contribution < 1.29 is 14.4 Å². The van der Waals surface area contributed by atoms with Gasteiger partial charge in [0.05, 0.1) is 6.04 Å². The van der Waals surface area contributed by atoms with Gasteiger partial charge in [-0.25, -0.2) is 4.79 Å². The zero-order valence-corrected chi connectivity index (χ0v) is 19.9. The molecule has 3 aliphatic rings. The van der Waals surface area contributed by atoms with E-state index in [4.69, 9.17) is 0 Å². The maximum atomic E-state index is 13.2. The molecule has 0 radical (unpaired) electrons. The van der Waals surface area contributed by atoms with Crippen LogP contribution in [0.3, 0.4) is 0 Å². The predicted octanol–water partition coefficient (Wildman–Crippen LogP) is 4.27. The van der Waals surface area contributed by atoms with E-state index in [2.05, 4.69) is 49.6 Å². The summed E-state index contributed by atoms with van der Waals surface area (Å²) < 4.78 is 0. The van der Waals surface area contributed by atoms with Crippen molar-refractivity contribution in [1.82, 2.24) is 15.5 Å². The smallest absolute Gasteiger partial charge is 0.325 e. The fourth-order valence-corrected chi connectivity index (χ4v) is 5.67. The van der Waals surface area contributed by atoms with Crippen LogP contribution in [-0.4, -0.2) is 34.8 Å². The van der Waals surface area contributed by atoms with Gasteiger partial charge in [-0.1, -0.05) is 39.0 Å². The van der Waals surface area contributed by atoms with E-state index in [1.807, 2.05) is 6.92 Å². The van der Waals surface area contributed by atoms with Crippen molar-refractivity contribution in [2.75, 3.05) is 6.54 Å². The van der Waals surface area contributed by atoms with E-state index in [1.54, 1.807) is 0 Å². The Morgan fingerprint density at radius 3 is 2.47 bits per heavy atom. The van der Waals surface area contributed by atoms with Gasteiger partial charge in [0.2, 0.25) is 5.91 Å². The fraction of sp³-hybridized carbons (Fsp3) is 0.654. The molecular weight excluding hydrogens is 402 g/mol. The number of benzene rings is 1. The SMILES string of the molecule is CC(NC(=O)CN1C(=O)NC2(CCC(C(C)(C)C)CC2)C1=O)c1ccc2c(c1)CCCC2. The third-order valence-electron chi connectivity index (χ3n) is 7.86. The lowest BCUT2D eigenvalue weighted by molar-refractivity contribution is -0.136. The van der Waals surface area contributed by atoms with Crippen LogP contribution in [0.4, 0.5) is 4.79 Å². The molecule has 174 valence electrons. The number of urea groups is 1. The normalized spacial score (nSPS) is 26.6. The molecule has 2 N–H and O–H groups in total. The number of amides is 4. The largest absolute Gasteiger partial charge is 0.348 e. The Labute approximate surface area is 191 Å². The van der Waals surface area contributed by atoms with Crippen molar-refractivity contribution in [3.05, 3.63) is 34.9 Å². The molecule has 4 rings (SSSR count). The summed E-state index contributed by atoms with van der Waals surface area (Å²) in [4.78, 5) is 39.6. The highest BCUT2D eigenvalue weighted by Crippen LogP contribution is 2.43. The molecule has 1 unspecified atom stereocenters. The van der Waals surface area contributed by atoms with Gasteiger partial charge in [0.15, 0.2) is 0 Å². The van der Waals surface area contributed by atoms with Crippen LogP contribution in [0.5, 0.6) is 0 Å². The molecular formula is C26H37N3O3. The Bertz CT molecular complexity index is 909. The standard InChI is InChI=1S/C26H37N3O3/c1-17(19-10-9-18-7-5-6-8-20(18)15-19)27-22(30)16-29-23(31)26(28-24(29)32)13-11-21(12-14-26)25(2,3)4/h9-10,15,17,21H,5-8,11-14,16H2,1-4H3,(H,27,30)(H,28,32). The molecule has 0 bridgehead atoms. The highest BCUT2D eigenvalue weighted by molar-refractivity contribution is 6.09.